The van der Waals surface area contributed by atoms with E-state index in [1.54, 1.807) is 18.2 Å². The first-order valence-corrected chi connectivity index (χ1v) is 12.4. The second kappa shape index (κ2) is 12.8. The third kappa shape index (κ3) is 8.77. The Morgan fingerprint density at radius 1 is 1.00 bits per heavy atom. The lowest BCUT2D eigenvalue weighted by Crippen LogP contribution is -2.37. The van der Waals surface area contributed by atoms with Crippen LogP contribution >= 0.6 is 0 Å². The molecule has 0 spiro atoms. The van der Waals surface area contributed by atoms with E-state index >= 15 is 0 Å². The number of ether oxygens (including phenoxy) is 2. The number of carbonyl (C=O) groups is 3. The molecule has 7 heteroatoms. The van der Waals surface area contributed by atoms with Crippen molar-refractivity contribution < 1.29 is 23.9 Å². The number of rotatable bonds is 9. The Kier molecular flexibility index (Phi) is 9.52. The molecule has 0 fully saturated rings. The van der Waals surface area contributed by atoms with E-state index in [0.29, 0.717) is 29.2 Å². The zero-order valence-corrected chi connectivity index (χ0v) is 21.2. The SMILES string of the molecule is CC(C)(C)OC(=O)NCCCCCCCC#Cc1ccc(Oc2cccc3c2C(=O)NC(=O)C3)cc1. The summed E-state index contributed by atoms with van der Waals surface area (Å²) in [7, 11) is 0. The fourth-order valence-corrected chi connectivity index (χ4v) is 3.74. The van der Waals surface area contributed by atoms with Crippen molar-refractivity contribution in [1.29, 1.82) is 0 Å². The van der Waals surface area contributed by atoms with Crippen molar-refractivity contribution in [3.05, 3.63) is 59.2 Å². The number of fused-ring (bicyclic) bond motifs is 1. The van der Waals surface area contributed by atoms with Crippen LogP contribution in [0.1, 0.15) is 80.8 Å². The predicted molar refractivity (Wildman–Crippen MR) is 138 cm³/mol. The number of nitrogens with one attached hydrogen (secondary N) is 2. The fraction of sp³-hybridized carbons (Fsp3) is 0.414. The van der Waals surface area contributed by atoms with Crippen LogP contribution in [0.4, 0.5) is 4.79 Å². The number of hydrogen-bond donors (Lipinski definition) is 2. The minimum Gasteiger partial charge on any atom is -0.457 e. The van der Waals surface area contributed by atoms with E-state index in [1.165, 1.54) is 0 Å². The Hall–Kier alpha value is -3.79. The van der Waals surface area contributed by atoms with Gasteiger partial charge in [-0.05, 0) is 69.5 Å². The van der Waals surface area contributed by atoms with Gasteiger partial charge in [-0.3, -0.25) is 14.9 Å². The monoisotopic (exact) mass is 490 g/mol. The standard InChI is InChI=1S/C29H34N2O5/c1-29(2,3)36-28(34)30-19-10-8-6-4-5-7-9-12-21-15-17-23(18-16-21)35-24-14-11-13-22-20-25(32)31-27(33)26(22)24/h11,13-18H,4-8,10,19-20H2,1-3H3,(H,30,34)(H,31,32,33). The van der Waals surface area contributed by atoms with E-state index in [9.17, 15) is 14.4 Å². The van der Waals surface area contributed by atoms with Crippen LogP contribution in [0.2, 0.25) is 0 Å². The second-order valence-corrected chi connectivity index (χ2v) is 9.72. The van der Waals surface area contributed by atoms with Gasteiger partial charge in [-0.1, -0.05) is 43.2 Å². The summed E-state index contributed by atoms with van der Waals surface area (Å²) in [6.45, 7) is 6.19. The average Bonchev–Trinajstić information content (AvgIpc) is 2.80. The molecule has 0 saturated carbocycles. The van der Waals surface area contributed by atoms with Crippen molar-refractivity contribution in [2.24, 2.45) is 0 Å². The Morgan fingerprint density at radius 3 is 2.47 bits per heavy atom. The van der Waals surface area contributed by atoms with Crippen LogP contribution in [0.15, 0.2) is 42.5 Å². The summed E-state index contributed by atoms with van der Waals surface area (Å²) in [5, 5.41) is 5.12. The van der Waals surface area contributed by atoms with Gasteiger partial charge in [0.25, 0.3) is 5.91 Å². The van der Waals surface area contributed by atoms with Crippen molar-refractivity contribution in [3.63, 3.8) is 0 Å². The second-order valence-electron chi connectivity index (χ2n) is 9.72. The summed E-state index contributed by atoms with van der Waals surface area (Å²) in [5.74, 6) is 6.67. The molecule has 1 heterocycles. The maximum absolute atomic E-state index is 12.2. The highest BCUT2D eigenvalue weighted by Crippen LogP contribution is 2.29. The molecule has 1 aliphatic heterocycles. The van der Waals surface area contributed by atoms with E-state index in [4.69, 9.17) is 9.47 Å². The van der Waals surface area contributed by atoms with Gasteiger partial charge in [0.1, 0.15) is 17.1 Å². The largest absolute Gasteiger partial charge is 0.457 e. The third-order valence-electron chi connectivity index (χ3n) is 5.41. The first-order valence-electron chi connectivity index (χ1n) is 12.4. The van der Waals surface area contributed by atoms with Crippen molar-refractivity contribution >= 4 is 17.9 Å². The normalized spacial score (nSPS) is 12.6. The molecule has 2 aromatic rings. The molecule has 3 rings (SSSR count). The Balaban J connectivity index is 1.35. The lowest BCUT2D eigenvalue weighted by atomic mass is 9.99. The molecule has 3 amide bonds. The summed E-state index contributed by atoms with van der Waals surface area (Å²) in [5.41, 5.74) is 1.50. The Bertz CT molecular complexity index is 1140. The van der Waals surface area contributed by atoms with Gasteiger partial charge in [0.05, 0.1) is 12.0 Å². The number of benzene rings is 2. The summed E-state index contributed by atoms with van der Waals surface area (Å²) in [6, 6.07) is 12.7. The molecule has 190 valence electrons. The van der Waals surface area contributed by atoms with Gasteiger partial charge in [0.15, 0.2) is 0 Å². The molecule has 0 radical (unpaired) electrons. The van der Waals surface area contributed by atoms with E-state index < -0.39 is 11.5 Å². The molecule has 0 atom stereocenters. The maximum Gasteiger partial charge on any atom is 0.407 e. The number of amides is 3. The smallest absolute Gasteiger partial charge is 0.407 e. The van der Waals surface area contributed by atoms with Gasteiger partial charge in [-0.2, -0.15) is 0 Å². The van der Waals surface area contributed by atoms with Crippen LogP contribution in [0.25, 0.3) is 0 Å². The van der Waals surface area contributed by atoms with E-state index in [1.807, 2.05) is 45.0 Å². The number of unbranched alkanes of at least 4 members (excludes halogenated alkanes) is 5. The Labute approximate surface area is 212 Å². The average molecular weight is 491 g/mol. The van der Waals surface area contributed by atoms with Crippen molar-refractivity contribution in [2.45, 2.75) is 71.3 Å². The summed E-state index contributed by atoms with van der Waals surface area (Å²) >= 11 is 0. The number of hydrogen-bond acceptors (Lipinski definition) is 5. The van der Waals surface area contributed by atoms with Gasteiger partial charge in [0, 0.05) is 18.5 Å². The Morgan fingerprint density at radius 2 is 1.72 bits per heavy atom. The zero-order chi connectivity index (χ0) is 26.0. The molecule has 2 aromatic carbocycles. The van der Waals surface area contributed by atoms with Crippen molar-refractivity contribution in [2.75, 3.05) is 6.54 Å². The fourth-order valence-electron chi connectivity index (χ4n) is 3.74. The molecule has 0 bridgehead atoms. The van der Waals surface area contributed by atoms with Crippen molar-refractivity contribution in [3.8, 4) is 23.3 Å². The number of carbonyl (C=O) groups excluding carboxylic acids is 3. The topological polar surface area (TPSA) is 93.7 Å². The minimum absolute atomic E-state index is 0.165. The van der Waals surface area contributed by atoms with Gasteiger partial charge in [-0.15, -0.1) is 0 Å². The first-order chi connectivity index (χ1) is 17.2. The van der Waals surface area contributed by atoms with Gasteiger partial charge >= 0.3 is 6.09 Å². The van der Waals surface area contributed by atoms with Gasteiger partial charge in [-0.25, -0.2) is 4.79 Å². The highest BCUT2D eigenvalue weighted by Gasteiger charge is 2.26. The lowest BCUT2D eigenvalue weighted by molar-refractivity contribution is -0.119. The highest BCUT2D eigenvalue weighted by atomic mass is 16.6. The zero-order valence-electron chi connectivity index (χ0n) is 21.2. The van der Waals surface area contributed by atoms with Gasteiger partial charge in [0.2, 0.25) is 5.91 Å². The van der Waals surface area contributed by atoms with E-state index in [0.717, 1.165) is 44.1 Å². The van der Waals surface area contributed by atoms with E-state index in [2.05, 4.69) is 22.5 Å². The maximum atomic E-state index is 12.2. The van der Waals surface area contributed by atoms with Crippen LogP contribution in [-0.4, -0.2) is 30.1 Å². The molecule has 0 aliphatic carbocycles. The number of imide groups is 1. The lowest BCUT2D eigenvalue weighted by Gasteiger charge is -2.19. The summed E-state index contributed by atoms with van der Waals surface area (Å²) in [6.07, 6.45) is 5.89. The van der Waals surface area contributed by atoms with Crippen LogP contribution in [-0.2, 0) is 16.0 Å². The van der Waals surface area contributed by atoms with Crippen LogP contribution in [0.5, 0.6) is 11.5 Å². The molecule has 0 saturated heterocycles. The van der Waals surface area contributed by atoms with Crippen LogP contribution < -0.4 is 15.4 Å². The quantitative estimate of drug-likeness (QED) is 0.275. The minimum atomic E-state index is -0.466. The molecule has 7 nitrogen and oxygen atoms in total. The van der Waals surface area contributed by atoms with Crippen molar-refractivity contribution in [1.82, 2.24) is 10.6 Å². The van der Waals surface area contributed by atoms with Gasteiger partial charge < -0.3 is 14.8 Å². The van der Waals surface area contributed by atoms with Crippen LogP contribution in [0, 0.1) is 11.8 Å². The van der Waals surface area contributed by atoms with E-state index in [-0.39, 0.29) is 18.4 Å². The molecule has 0 unspecified atom stereocenters. The molecule has 1 aliphatic rings. The molecule has 0 aromatic heterocycles. The summed E-state index contributed by atoms with van der Waals surface area (Å²) in [4.78, 5) is 35.4. The molecule has 36 heavy (non-hydrogen) atoms. The molecule has 2 N–H and O–H groups in total. The third-order valence-corrected chi connectivity index (χ3v) is 5.41. The summed E-state index contributed by atoms with van der Waals surface area (Å²) < 4.78 is 11.1. The predicted octanol–water partition coefficient (Wildman–Crippen LogP) is 5.51. The van der Waals surface area contributed by atoms with Crippen LogP contribution in [0.3, 0.4) is 0 Å². The highest BCUT2D eigenvalue weighted by molar-refractivity contribution is 6.11. The molecular weight excluding hydrogens is 456 g/mol. The number of alkyl carbamates (subject to hydrolysis) is 1. The molecular formula is C29H34N2O5. The first kappa shape index (κ1) is 26.8.